The van der Waals surface area contributed by atoms with E-state index in [1.54, 1.807) is 18.2 Å². The lowest BCUT2D eigenvalue weighted by Gasteiger charge is -2.15. The van der Waals surface area contributed by atoms with Crippen molar-refractivity contribution in [3.8, 4) is 0 Å². The summed E-state index contributed by atoms with van der Waals surface area (Å²) in [4.78, 5) is 0.334. The number of para-hydroxylation sites is 1. The zero-order chi connectivity index (χ0) is 12.9. The SMILES string of the molecule is CCCCNc1ccccc1S(=O)(=O)N(C)C. The van der Waals surface area contributed by atoms with Crippen LogP contribution in [0.3, 0.4) is 0 Å². The van der Waals surface area contributed by atoms with Crippen LogP contribution >= 0.6 is 0 Å². The number of anilines is 1. The molecule has 96 valence electrons. The molecule has 0 bridgehead atoms. The Morgan fingerprint density at radius 1 is 1.24 bits per heavy atom. The third-order valence-electron chi connectivity index (χ3n) is 2.49. The van der Waals surface area contributed by atoms with Gasteiger partial charge in [-0.15, -0.1) is 0 Å². The lowest BCUT2D eigenvalue weighted by Crippen LogP contribution is -2.23. The first-order chi connectivity index (χ1) is 8.00. The zero-order valence-electron chi connectivity index (χ0n) is 10.6. The average Bonchev–Trinajstić information content (AvgIpc) is 2.29. The monoisotopic (exact) mass is 256 g/mol. The second-order valence-electron chi connectivity index (χ2n) is 4.06. The number of unbranched alkanes of at least 4 members (excludes halogenated alkanes) is 1. The van der Waals surface area contributed by atoms with Crippen molar-refractivity contribution in [2.45, 2.75) is 24.7 Å². The highest BCUT2D eigenvalue weighted by molar-refractivity contribution is 7.89. The Bertz CT molecular complexity index is 455. The van der Waals surface area contributed by atoms with Crippen LogP contribution in [0.4, 0.5) is 5.69 Å². The molecule has 1 aromatic carbocycles. The van der Waals surface area contributed by atoms with E-state index in [0.717, 1.165) is 19.4 Å². The number of rotatable bonds is 6. The Morgan fingerprint density at radius 3 is 2.47 bits per heavy atom. The van der Waals surface area contributed by atoms with Gasteiger partial charge in [-0.1, -0.05) is 25.5 Å². The molecular formula is C12H20N2O2S. The van der Waals surface area contributed by atoms with Crippen LogP contribution in [0, 0.1) is 0 Å². The highest BCUT2D eigenvalue weighted by atomic mass is 32.2. The molecule has 1 aromatic rings. The second-order valence-corrected chi connectivity index (χ2v) is 6.18. The molecule has 0 aliphatic carbocycles. The Labute approximate surface area is 104 Å². The van der Waals surface area contributed by atoms with Gasteiger partial charge < -0.3 is 5.32 Å². The van der Waals surface area contributed by atoms with Crippen molar-refractivity contribution in [2.24, 2.45) is 0 Å². The summed E-state index contributed by atoms with van der Waals surface area (Å²) in [7, 11) is -0.294. The van der Waals surface area contributed by atoms with Gasteiger partial charge in [-0.3, -0.25) is 0 Å². The van der Waals surface area contributed by atoms with E-state index in [2.05, 4.69) is 12.2 Å². The summed E-state index contributed by atoms with van der Waals surface area (Å²) in [5.41, 5.74) is 0.676. The van der Waals surface area contributed by atoms with Gasteiger partial charge in [-0.2, -0.15) is 0 Å². The minimum atomic E-state index is -3.37. The van der Waals surface area contributed by atoms with Crippen molar-refractivity contribution in [1.82, 2.24) is 4.31 Å². The Hall–Kier alpha value is -1.07. The fraction of sp³-hybridized carbons (Fsp3) is 0.500. The molecule has 0 fully saturated rings. The third kappa shape index (κ3) is 3.44. The summed E-state index contributed by atoms with van der Waals surface area (Å²) in [5, 5.41) is 3.17. The highest BCUT2D eigenvalue weighted by Gasteiger charge is 2.20. The Morgan fingerprint density at radius 2 is 1.88 bits per heavy atom. The first kappa shape index (κ1) is 14.0. The molecule has 0 radical (unpaired) electrons. The zero-order valence-corrected chi connectivity index (χ0v) is 11.4. The molecule has 0 unspecified atom stereocenters. The molecule has 4 nitrogen and oxygen atoms in total. The van der Waals surface area contributed by atoms with E-state index in [1.165, 1.54) is 18.4 Å². The lowest BCUT2D eigenvalue weighted by molar-refractivity contribution is 0.521. The van der Waals surface area contributed by atoms with Crippen molar-refractivity contribution < 1.29 is 8.42 Å². The summed E-state index contributed by atoms with van der Waals surface area (Å²) < 4.78 is 25.4. The van der Waals surface area contributed by atoms with Crippen LogP contribution in [0.5, 0.6) is 0 Å². The van der Waals surface area contributed by atoms with Crippen LogP contribution in [0.25, 0.3) is 0 Å². The van der Waals surface area contributed by atoms with Crippen LogP contribution in [0.1, 0.15) is 19.8 Å². The number of sulfonamides is 1. The number of hydrogen-bond donors (Lipinski definition) is 1. The van der Waals surface area contributed by atoms with Crippen LogP contribution in [-0.2, 0) is 10.0 Å². The van der Waals surface area contributed by atoms with E-state index in [9.17, 15) is 8.42 Å². The molecule has 0 atom stereocenters. The molecule has 0 saturated heterocycles. The predicted octanol–water partition coefficient (Wildman–Crippen LogP) is 2.15. The van der Waals surface area contributed by atoms with Gasteiger partial charge in [0, 0.05) is 20.6 Å². The summed E-state index contributed by atoms with van der Waals surface area (Å²) in [5.74, 6) is 0. The van der Waals surface area contributed by atoms with E-state index >= 15 is 0 Å². The quantitative estimate of drug-likeness (QED) is 0.793. The first-order valence-corrected chi connectivity index (χ1v) is 7.19. The largest absolute Gasteiger partial charge is 0.384 e. The predicted molar refractivity (Wildman–Crippen MR) is 70.7 cm³/mol. The molecule has 1 N–H and O–H groups in total. The van der Waals surface area contributed by atoms with Gasteiger partial charge in [0.2, 0.25) is 10.0 Å². The Kier molecular flexibility index (Phi) is 4.96. The molecule has 1 rings (SSSR count). The normalized spacial score (nSPS) is 11.8. The minimum Gasteiger partial charge on any atom is -0.384 e. The number of benzene rings is 1. The van der Waals surface area contributed by atoms with Crippen LogP contribution in [0.2, 0.25) is 0 Å². The van der Waals surface area contributed by atoms with Crippen LogP contribution in [-0.4, -0.2) is 33.4 Å². The maximum Gasteiger partial charge on any atom is 0.244 e. The summed E-state index contributed by atoms with van der Waals surface area (Å²) in [6.45, 7) is 2.89. The minimum absolute atomic E-state index is 0.334. The fourth-order valence-corrected chi connectivity index (χ4v) is 2.50. The van der Waals surface area contributed by atoms with Crippen LogP contribution < -0.4 is 5.32 Å². The molecule has 0 heterocycles. The molecular weight excluding hydrogens is 236 g/mol. The molecule has 0 spiro atoms. The molecule has 0 amide bonds. The number of nitrogens with one attached hydrogen (secondary N) is 1. The smallest absolute Gasteiger partial charge is 0.244 e. The van der Waals surface area contributed by atoms with Crippen molar-refractivity contribution in [3.05, 3.63) is 24.3 Å². The van der Waals surface area contributed by atoms with Gasteiger partial charge >= 0.3 is 0 Å². The second kappa shape index (κ2) is 6.02. The standard InChI is InChI=1S/C12H20N2O2S/c1-4-5-10-13-11-8-6-7-9-12(11)17(15,16)14(2)3/h6-9,13H,4-5,10H2,1-3H3. The van der Waals surface area contributed by atoms with Gasteiger partial charge in [0.05, 0.1) is 5.69 Å². The van der Waals surface area contributed by atoms with Crippen molar-refractivity contribution in [2.75, 3.05) is 26.0 Å². The van der Waals surface area contributed by atoms with Gasteiger partial charge in [0.25, 0.3) is 0 Å². The molecule has 0 aliphatic heterocycles. The van der Waals surface area contributed by atoms with E-state index in [0.29, 0.717) is 10.6 Å². The maximum absolute atomic E-state index is 12.1. The van der Waals surface area contributed by atoms with Crippen molar-refractivity contribution in [3.63, 3.8) is 0 Å². The van der Waals surface area contributed by atoms with E-state index < -0.39 is 10.0 Å². The van der Waals surface area contributed by atoms with Crippen LogP contribution in [0.15, 0.2) is 29.2 Å². The maximum atomic E-state index is 12.1. The number of hydrogen-bond acceptors (Lipinski definition) is 3. The van der Waals surface area contributed by atoms with Gasteiger partial charge in [-0.25, -0.2) is 12.7 Å². The van der Waals surface area contributed by atoms with E-state index in [1.807, 2.05) is 6.07 Å². The molecule has 0 aromatic heterocycles. The molecule has 0 saturated carbocycles. The van der Waals surface area contributed by atoms with Gasteiger partial charge in [0.15, 0.2) is 0 Å². The molecule has 0 aliphatic rings. The third-order valence-corrected chi connectivity index (χ3v) is 4.36. The first-order valence-electron chi connectivity index (χ1n) is 5.75. The fourth-order valence-electron chi connectivity index (χ4n) is 1.43. The van der Waals surface area contributed by atoms with Gasteiger partial charge in [-0.05, 0) is 18.6 Å². The van der Waals surface area contributed by atoms with E-state index in [4.69, 9.17) is 0 Å². The number of nitrogens with zero attached hydrogens (tertiary/aromatic N) is 1. The highest BCUT2D eigenvalue weighted by Crippen LogP contribution is 2.22. The average molecular weight is 256 g/mol. The Balaban J connectivity index is 3.00. The van der Waals surface area contributed by atoms with Crippen molar-refractivity contribution in [1.29, 1.82) is 0 Å². The van der Waals surface area contributed by atoms with E-state index in [-0.39, 0.29) is 0 Å². The lowest BCUT2D eigenvalue weighted by atomic mass is 10.3. The van der Waals surface area contributed by atoms with Gasteiger partial charge in [0.1, 0.15) is 4.90 Å². The molecule has 5 heteroatoms. The topological polar surface area (TPSA) is 49.4 Å². The molecule has 17 heavy (non-hydrogen) atoms. The summed E-state index contributed by atoms with van der Waals surface area (Å²) in [6, 6.07) is 7.00. The summed E-state index contributed by atoms with van der Waals surface area (Å²) in [6.07, 6.45) is 2.10. The van der Waals surface area contributed by atoms with Crippen molar-refractivity contribution >= 4 is 15.7 Å². The summed E-state index contributed by atoms with van der Waals surface area (Å²) >= 11 is 0.